The maximum atomic E-state index is 13.7. The van der Waals surface area contributed by atoms with Gasteiger partial charge in [-0.05, 0) is 6.08 Å². The summed E-state index contributed by atoms with van der Waals surface area (Å²) in [6, 6.07) is 0. The van der Waals surface area contributed by atoms with Crippen LogP contribution in [-0.4, -0.2) is 52.4 Å². The van der Waals surface area contributed by atoms with Crippen LogP contribution in [0.25, 0.3) is 0 Å². The normalized spacial score (nSPS) is 41.1. The first-order valence-corrected chi connectivity index (χ1v) is 6.30. The molecule has 2 heterocycles. The molecule has 0 saturated carbocycles. The van der Waals surface area contributed by atoms with Gasteiger partial charge in [0.05, 0.1) is 12.7 Å². The van der Waals surface area contributed by atoms with Gasteiger partial charge in [0.2, 0.25) is 0 Å². The summed E-state index contributed by atoms with van der Waals surface area (Å²) in [7, 11) is 0. The second kappa shape index (κ2) is 4.94. The van der Waals surface area contributed by atoms with Crippen LogP contribution in [0.5, 0.6) is 0 Å². The van der Waals surface area contributed by atoms with E-state index in [1.165, 1.54) is 0 Å². The minimum absolute atomic E-state index is 0.308. The molecule has 4 atom stereocenters. The van der Waals surface area contributed by atoms with E-state index in [0.29, 0.717) is 17.8 Å². The van der Waals surface area contributed by atoms with Gasteiger partial charge in [-0.3, -0.25) is 0 Å². The minimum Gasteiger partial charge on any atom is -0.387 e. The van der Waals surface area contributed by atoms with Gasteiger partial charge < -0.3 is 19.5 Å². The fourth-order valence-electron chi connectivity index (χ4n) is 1.70. The quantitative estimate of drug-likeness (QED) is 0.597. The predicted molar refractivity (Wildman–Crippen MR) is 60.2 cm³/mol. The van der Waals surface area contributed by atoms with E-state index in [4.69, 9.17) is 9.47 Å². The predicted octanol–water partition coefficient (Wildman–Crippen LogP) is 0.649. The topological polar surface area (TPSA) is 41.9 Å². The van der Waals surface area contributed by atoms with Gasteiger partial charge in [0, 0.05) is 10.6 Å². The molecule has 2 aliphatic heterocycles. The van der Waals surface area contributed by atoms with Crippen molar-refractivity contribution in [3.05, 3.63) is 12.3 Å². The van der Waals surface area contributed by atoms with Crippen LogP contribution < -0.4 is 0 Å². The van der Waals surface area contributed by atoms with Crippen molar-refractivity contribution in [1.82, 2.24) is 4.90 Å². The highest BCUT2D eigenvalue weighted by molar-refractivity contribution is 14.1. The summed E-state index contributed by atoms with van der Waals surface area (Å²) in [5.41, 5.74) is 0. The van der Waals surface area contributed by atoms with Gasteiger partial charge in [-0.25, -0.2) is 4.39 Å². The second-order valence-corrected chi connectivity index (χ2v) is 4.43. The molecular formula is C9H13FINO3. The highest BCUT2D eigenvalue weighted by Gasteiger charge is 2.45. The summed E-state index contributed by atoms with van der Waals surface area (Å²) >= 11 is 2.08. The van der Waals surface area contributed by atoms with E-state index >= 15 is 0 Å². The monoisotopic (exact) mass is 329 g/mol. The summed E-state index contributed by atoms with van der Waals surface area (Å²) in [4.78, 5) is 1.63. The Labute approximate surface area is 101 Å². The molecule has 4 nitrogen and oxygen atoms in total. The highest BCUT2D eigenvalue weighted by Crippen LogP contribution is 2.28. The standard InChI is InChI=1S/C9H13FINO3/c10-7-8(13)6(4-11)15-9(7)12-2-1-3-14-5-12/h1-2,6-9,13H,3-5H2/t6-,7?,8?,9-/m1/s1. The number of ether oxygens (including phenoxy) is 2. The SMILES string of the molecule is OC1C(F)[C@H](N2C=CCOC2)O[C@@H]1CI. The molecule has 2 aliphatic rings. The third-order valence-corrected chi connectivity index (χ3v) is 3.39. The molecule has 0 spiro atoms. The summed E-state index contributed by atoms with van der Waals surface area (Å²) in [5.74, 6) is 0. The van der Waals surface area contributed by atoms with Crippen LogP contribution >= 0.6 is 22.6 Å². The molecule has 0 bridgehead atoms. The van der Waals surface area contributed by atoms with Crippen molar-refractivity contribution >= 4 is 22.6 Å². The van der Waals surface area contributed by atoms with Gasteiger partial charge in [0.25, 0.3) is 0 Å². The Morgan fingerprint density at radius 3 is 2.93 bits per heavy atom. The Kier molecular flexibility index (Phi) is 3.81. The number of halogens is 2. The van der Waals surface area contributed by atoms with E-state index in [-0.39, 0.29) is 0 Å². The maximum Gasteiger partial charge on any atom is 0.173 e. The number of aliphatic hydroxyl groups excluding tert-OH is 1. The number of alkyl halides is 2. The zero-order chi connectivity index (χ0) is 10.8. The van der Waals surface area contributed by atoms with E-state index in [2.05, 4.69) is 22.6 Å². The van der Waals surface area contributed by atoms with E-state index in [1.54, 1.807) is 17.2 Å². The molecule has 2 unspecified atom stereocenters. The third-order valence-electron chi connectivity index (χ3n) is 2.52. The molecule has 15 heavy (non-hydrogen) atoms. The lowest BCUT2D eigenvalue weighted by Gasteiger charge is -2.30. The van der Waals surface area contributed by atoms with Crippen LogP contribution in [0.15, 0.2) is 12.3 Å². The molecule has 0 radical (unpaired) electrons. The zero-order valence-electron chi connectivity index (χ0n) is 8.05. The van der Waals surface area contributed by atoms with Crippen LogP contribution in [0.3, 0.4) is 0 Å². The Balaban J connectivity index is 2.03. The van der Waals surface area contributed by atoms with Crippen molar-refractivity contribution in [2.75, 3.05) is 17.8 Å². The largest absolute Gasteiger partial charge is 0.387 e. The fourth-order valence-corrected chi connectivity index (χ4v) is 2.43. The molecule has 2 rings (SSSR count). The molecule has 1 fully saturated rings. The van der Waals surface area contributed by atoms with Crippen molar-refractivity contribution in [3.63, 3.8) is 0 Å². The van der Waals surface area contributed by atoms with Gasteiger partial charge in [0.1, 0.15) is 12.8 Å². The van der Waals surface area contributed by atoms with E-state index < -0.39 is 24.6 Å². The molecule has 0 amide bonds. The summed E-state index contributed by atoms with van der Waals surface area (Å²) < 4.78 is 24.9. The first-order chi connectivity index (χ1) is 7.24. The zero-order valence-corrected chi connectivity index (χ0v) is 10.2. The van der Waals surface area contributed by atoms with E-state index in [9.17, 15) is 9.50 Å². The lowest BCUT2D eigenvalue weighted by Crippen LogP contribution is -2.41. The summed E-state index contributed by atoms with van der Waals surface area (Å²) in [6.07, 6.45) is -0.0255. The molecule has 0 aliphatic carbocycles. The van der Waals surface area contributed by atoms with Gasteiger partial charge >= 0.3 is 0 Å². The first kappa shape index (κ1) is 11.6. The molecule has 0 aromatic carbocycles. The highest BCUT2D eigenvalue weighted by atomic mass is 127. The number of nitrogens with zero attached hydrogens (tertiary/aromatic N) is 1. The number of aliphatic hydroxyl groups is 1. The number of hydrogen-bond donors (Lipinski definition) is 1. The maximum absolute atomic E-state index is 13.7. The van der Waals surface area contributed by atoms with Gasteiger partial charge in [-0.1, -0.05) is 22.6 Å². The van der Waals surface area contributed by atoms with Crippen molar-refractivity contribution in [2.24, 2.45) is 0 Å². The lowest BCUT2D eigenvalue weighted by molar-refractivity contribution is -0.0927. The molecule has 1 saturated heterocycles. The Morgan fingerprint density at radius 1 is 1.60 bits per heavy atom. The molecule has 6 heteroatoms. The Morgan fingerprint density at radius 2 is 2.40 bits per heavy atom. The first-order valence-electron chi connectivity index (χ1n) is 4.77. The average molecular weight is 329 g/mol. The van der Waals surface area contributed by atoms with Gasteiger partial charge in [-0.2, -0.15) is 0 Å². The smallest absolute Gasteiger partial charge is 0.173 e. The lowest BCUT2D eigenvalue weighted by atomic mass is 10.1. The summed E-state index contributed by atoms with van der Waals surface area (Å²) in [6.45, 7) is 0.848. The number of hydrogen-bond acceptors (Lipinski definition) is 4. The molecular weight excluding hydrogens is 316 g/mol. The van der Waals surface area contributed by atoms with Crippen molar-refractivity contribution < 1.29 is 19.0 Å². The molecule has 0 aromatic rings. The average Bonchev–Trinajstić information content (AvgIpc) is 2.57. The molecule has 86 valence electrons. The Bertz CT molecular complexity index is 254. The van der Waals surface area contributed by atoms with Crippen LogP contribution in [0.2, 0.25) is 0 Å². The van der Waals surface area contributed by atoms with Crippen LogP contribution in [0.1, 0.15) is 0 Å². The van der Waals surface area contributed by atoms with Crippen molar-refractivity contribution in [2.45, 2.75) is 24.6 Å². The van der Waals surface area contributed by atoms with E-state index in [1.807, 2.05) is 0 Å². The fraction of sp³-hybridized carbons (Fsp3) is 0.778. The number of rotatable bonds is 2. The third kappa shape index (κ3) is 2.27. The van der Waals surface area contributed by atoms with Crippen LogP contribution in [0.4, 0.5) is 4.39 Å². The Hall–Kier alpha value is 0.0800. The van der Waals surface area contributed by atoms with Crippen LogP contribution in [0, 0.1) is 0 Å². The second-order valence-electron chi connectivity index (χ2n) is 3.55. The van der Waals surface area contributed by atoms with Gasteiger partial charge in [-0.15, -0.1) is 0 Å². The summed E-state index contributed by atoms with van der Waals surface area (Å²) in [5, 5.41) is 9.56. The van der Waals surface area contributed by atoms with Crippen LogP contribution in [-0.2, 0) is 9.47 Å². The van der Waals surface area contributed by atoms with Crippen molar-refractivity contribution in [3.8, 4) is 0 Å². The van der Waals surface area contributed by atoms with Gasteiger partial charge in [0.15, 0.2) is 12.4 Å². The minimum atomic E-state index is -1.38. The molecule has 1 N–H and O–H groups in total. The van der Waals surface area contributed by atoms with Crippen molar-refractivity contribution in [1.29, 1.82) is 0 Å². The van der Waals surface area contributed by atoms with E-state index in [0.717, 1.165) is 0 Å². The molecule has 0 aromatic heterocycles.